The third kappa shape index (κ3) is 3.63. The number of carbonyl (C=O) groups excluding carboxylic acids is 2. The molecule has 0 radical (unpaired) electrons. The predicted molar refractivity (Wildman–Crippen MR) is 109 cm³/mol. The number of nitrogens with one attached hydrogen (secondary N) is 2. The Morgan fingerprint density at radius 3 is 2.72 bits per heavy atom. The molecule has 2 heterocycles. The maximum Gasteiger partial charge on any atom is 0.317 e. The third-order valence-corrected chi connectivity index (χ3v) is 5.23. The van der Waals surface area contributed by atoms with Gasteiger partial charge in [-0.2, -0.15) is 0 Å². The second kappa shape index (κ2) is 7.87. The number of ether oxygens (including phenoxy) is 2. The molecule has 2 amide bonds. The van der Waals surface area contributed by atoms with Crippen LogP contribution in [-0.2, 0) is 22.7 Å². The Kier molecular flexibility index (Phi) is 5.12. The zero-order valence-electron chi connectivity index (χ0n) is 16.4. The number of rotatable bonds is 4. The molecule has 7 heteroatoms. The van der Waals surface area contributed by atoms with Crippen molar-refractivity contribution in [1.82, 2.24) is 15.2 Å². The van der Waals surface area contributed by atoms with Crippen molar-refractivity contribution in [3.05, 3.63) is 65.4 Å². The van der Waals surface area contributed by atoms with Gasteiger partial charge in [-0.15, -0.1) is 0 Å². The van der Waals surface area contributed by atoms with E-state index in [4.69, 9.17) is 9.47 Å². The molecule has 29 heavy (non-hydrogen) atoms. The van der Waals surface area contributed by atoms with Gasteiger partial charge in [-0.1, -0.05) is 30.3 Å². The molecule has 0 saturated carbocycles. The molecule has 3 aromatic rings. The molecule has 0 fully saturated rings. The summed E-state index contributed by atoms with van der Waals surface area (Å²) in [7, 11) is 2.94. The Morgan fingerprint density at radius 2 is 2.00 bits per heavy atom. The van der Waals surface area contributed by atoms with Gasteiger partial charge in [-0.3, -0.25) is 4.79 Å². The van der Waals surface area contributed by atoms with Crippen molar-refractivity contribution < 1.29 is 19.1 Å². The molecule has 0 aliphatic carbocycles. The zero-order chi connectivity index (χ0) is 20.4. The summed E-state index contributed by atoms with van der Waals surface area (Å²) in [5, 5.41) is 3.53. The fourth-order valence-corrected chi connectivity index (χ4v) is 3.82. The first-order valence-corrected chi connectivity index (χ1v) is 9.46. The predicted octanol–water partition coefficient (Wildman–Crippen LogP) is 3.16. The number of methoxy groups -OCH3 is 1. The van der Waals surface area contributed by atoms with Gasteiger partial charge in [0.25, 0.3) is 0 Å². The van der Waals surface area contributed by atoms with Gasteiger partial charge in [0.05, 0.1) is 13.7 Å². The number of hydrogen-bond donors (Lipinski definition) is 2. The quantitative estimate of drug-likeness (QED) is 0.667. The number of esters is 1. The number of aromatic amines is 1. The van der Waals surface area contributed by atoms with E-state index >= 15 is 0 Å². The van der Waals surface area contributed by atoms with Crippen molar-refractivity contribution in [3.63, 3.8) is 0 Å². The van der Waals surface area contributed by atoms with Crippen molar-refractivity contribution in [2.24, 2.45) is 0 Å². The molecule has 4 rings (SSSR count). The van der Waals surface area contributed by atoms with Gasteiger partial charge in [0, 0.05) is 30.2 Å². The minimum atomic E-state index is -0.556. The van der Waals surface area contributed by atoms with Crippen LogP contribution in [0.5, 0.6) is 5.75 Å². The number of amides is 2. The van der Waals surface area contributed by atoms with E-state index in [9.17, 15) is 9.59 Å². The fraction of sp³-hybridized carbons (Fsp3) is 0.273. The van der Waals surface area contributed by atoms with Crippen LogP contribution in [0.15, 0.2) is 48.5 Å². The van der Waals surface area contributed by atoms with Crippen molar-refractivity contribution in [3.8, 4) is 5.75 Å². The lowest BCUT2D eigenvalue weighted by molar-refractivity contribution is -0.143. The summed E-state index contributed by atoms with van der Waals surface area (Å²) in [5.74, 6) is -0.198. The number of aromatic nitrogens is 1. The molecule has 2 aromatic carbocycles. The van der Waals surface area contributed by atoms with Gasteiger partial charge in [0.2, 0.25) is 0 Å². The molecule has 1 aliphatic heterocycles. The van der Waals surface area contributed by atoms with E-state index in [2.05, 4.69) is 10.3 Å². The molecule has 1 atom stereocenters. The highest BCUT2D eigenvalue weighted by atomic mass is 16.5. The van der Waals surface area contributed by atoms with E-state index in [1.54, 1.807) is 11.9 Å². The van der Waals surface area contributed by atoms with E-state index < -0.39 is 5.92 Å². The summed E-state index contributed by atoms with van der Waals surface area (Å²) in [4.78, 5) is 29.6. The Morgan fingerprint density at radius 1 is 1.21 bits per heavy atom. The average molecular weight is 393 g/mol. The number of nitrogens with zero attached hydrogens (tertiary/aromatic N) is 1. The number of carbonyl (C=O) groups is 2. The summed E-state index contributed by atoms with van der Waals surface area (Å²) >= 11 is 0. The van der Waals surface area contributed by atoms with Crippen LogP contribution in [0.25, 0.3) is 10.9 Å². The third-order valence-electron chi connectivity index (χ3n) is 5.23. The lowest BCUT2D eigenvalue weighted by Crippen LogP contribution is -2.44. The number of fused-ring (bicyclic) bond motifs is 3. The monoisotopic (exact) mass is 393 g/mol. The van der Waals surface area contributed by atoms with Crippen molar-refractivity contribution >= 4 is 22.9 Å². The molecule has 2 N–H and O–H groups in total. The molecule has 1 aromatic heterocycles. The van der Waals surface area contributed by atoms with E-state index in [-0.39, 0.29) is 18.5 Å². The van der Waals surface area contributed by atoms with Crippen LogP contribution in [0.3, 0.4) is 0 Å². The molecule has 1 aliphatic rings. The highest BCUT2D eigenvalue weighted by Crippen LogP contribution is 2.37. The number of urea groups is 1. The van der Waals surface area contributed by atoms with Gasteiger partial charge in [-0.05, 0) is 29.3 Å². The summed E-state index contributed by atoms with van der Waals surface area (Å²) in [6, 6.07) is 15.5. The van der Waals surface area contributed by atoms with E-state index in [1.807, 2.05) is 48.5 Å². The zero-order valence-corrected chi connectivity index (χ0v) is 16.4. The first-order valence-electron chi connectivity index (χ1n) is 9.46. The molecule has 0 spiro atoms. The van der Waals surface area contributed by atoms with Gasteiger partial charge in [0.1, 0.15) is 18.3 Å². The largest absolute Gasteiger partial charge is 0.489 e. The van der Waals surface area contributed by atoms with Crippen molar-refractivity contribution in [2.75, 3.05) is 20.7 Å². The van der Waals surface area contributed by atoms with Crippen LogP contribution in [0.2, 0.25) is 0 Å². The maximum atomic E-state index is 12.5. The van der Waals surface area contributed by atoms with Crippen LogP contribution in [0.4, 0.5) is 4.79 Å². The molecule has 0 saturated heterocycles. The SMILES string of the molecule is CNC(=O)N1Cc2[nH]c3ccc(OCc4ccccc4)cc3c2C(C(=O)OC)C1. The van der Waals surface area contributed by atoms with Crippen LogP contribution < -0.4 is 10.1 Å². The Labute approximate surface area is 168 Å². The molecule has 1 unspecified atom stereocenters. The summed E-state index contributed by atoms with van der Waals surface area (Å²) in [6.07, 6.45) is 0. The van der Waals surface area contributed by atoms with Gasteiger partial charge >= 0.3 is 12.0 Å². The summed E-state index contributed by atoms with van der Waals surface area (Å²) in [6.45, 7) is 1.13. The van der Waals surface area contributed by atoms with Crippen molar-refractivity contribution in [2.45, 2.75) is 19.1 Å². The van der Waals surface area contributed by atoms with E-state index in [0.717, 1.165) is 33.5 Å². The van der Waals surface area contributed by atoms with Crippen LogP contribution in [0, 0.1) is 0 Å². The first kappa shape index (κ1) is 18.9. The minimum absolute atomic E-state index is 0.227. The lowest BCUT2D eigenvalue weighted by Gasteiger charge is -2.31. The molecular weight excluding hydrogens is 370 g/mol. The highest BCUT2D eigenvalue weighted by molar-refractivity contribution is 5.93. The number of benzene rings is 2. The smallest absolute Gasteiger partial charge is 0.317 e. The molecule has 150 valence electrons. The normalized spacial score (nSPS) is 15.7. The lowest BCUT2D eigenvalue weighted by atomic mass is 9.92. The van der Waals surface area contributed by atoms with Gasteiger partial charge in [0.15, 0.2) is 0 Å². The average Bonchev–Trinajstić information content (AvgIpc) is 3.14. The van der Waals surface area contributed by atoms with Crippen LogP contribution in [-0.4, -0.2) is 42.6 Å². The van der Waals surface area contributed by atoms with E-state index in [0.29, 0.717) is 13.2 Å². The summed E-state index contributed by atoms with van der Waals surface area (Å²) < 4.78 is 11.0. The highest BCUT2D eigenvalue weighted by Gasteiger charge is 2.36. The second-order valence-corrected chi connectivity index (χ2v) is 7.01. The standard InChI is InChI=1S/C22H23N3O4/c1-23-22(27)25-11-17(21(26)28-2)20-16-10-15(8-9-18(16)24-19(20)12-25)29-13-14-6-4-3-5-7-14/h3-10,17,24H,11-13H2,1-2H3,(H,23,27). The van der Waals surface area contributed by atoms with Crippen molar-refractivity contribution in [1.29, 1.82) is 0 Å². The molecule has 0 bridgehead atoms. The van der Waals surface area contributed by atoms with Crippen LogP contribution in [0.1, 0.15) is 22.7 Å². The Hall–Kier alpha value is -3.48. The number of H-pyrrole nitrogens is 1. The topological polar surface area (TPSA) is 83.7 Å². The van der Waals surface area contributed by atoms with Gasteiger partial charge in [-0.25, -0.2) is 4.79 Å². The summed E-state index contributed by atoms with van der Waals surface area (Å²) in [5.41, 5.74) is 3.69. The fourth-order valence-electron chi connectivity index (χ4n) is 3.82. The number of hydrogen-bond acceptors (Lipinski definition) is 4. The van der Waals surface area contributed by atoms with Crippen LogP contribution >= 0.6 is 0 Å². The van der Waals surface area contributed by atoms with Gasteiger partial charge < -0.3 is 24.7 Å². The minimum Gasteiger partial charge on any atom is -0.489 e. The molecular formula is C22H23N3O4. The Balaban J connectivity index is 1.69. The Bertz CT molecular complexity index is 1040. The molecule has 7 nitrogen and oxygen atoms in total. The maximum absolute atomic E-state index is 12.5. The first-order chi connectivity index (χ1) is 14.1. The second-order valence-electron chi connectivity index (χ2n) is 7.01. The van der Waals surface area contributed by atoms with E-state index in [1.165, 1.54) is 7.11 Å².